The van der Waals surface area contributed by atoms with Crippen molar-refractivity contribution in [2.75, 3.05) is 14.2 Å². The van der Waals surface area contributed by atoms with Crippen LogP contribution in [0, 0.1) is 13.8 Å². The number of ether oxygens (including phenoxy) is 2. The highest BCUT2D eigenvalue weighted by Gasteiger charge is 2.30. The van der Waals surface area contributed by atoms with E-state index in [2.05, 4.69) is 17.9 Å². The lowest BCUT2D eigenvalue weighted by atomic mass is 10.0. The van der Waals surface area contributed by atoms with E-state index < -0.39 is 0 Å². The third kappa shape index (κ3) is 4.15. The molecule has 0 N–H and O–H groups in total. The largest absolute Gasteiger partial charge is 0.497 e. The molecule has 1 aliphatic carbocycles. The van der Waals surface area contributed by atoms with Crippen molar-refractivity contribution in [1.82, 2.24) is 4.90 Å². The molecule has 1 aliphatic rings. The maximum Gasteiger partial charge on any atom is 0.336 e. The SMILES string of the molecule is COc1ccc(OC)c(CN(Cc2cc(=O)oc3cc(C)c(C)cc23)C2CC2)c1. The molecule has 1 heterocycles. The first-order valence-electron chi connectivity index (χ1n) is 9.97. The van der Waals surface area contributed by atoms with Crippen molar-refractivity contribution in [3.8, 4) is 11.5 Å². The summed E-state index contributed by atoms with van der Waals surface area (Å²) in [4.78, 5) is 14.6. The summed E-state index contributed by atoms with van der Waals surface area (Å²) in [6.07, 6.45) is 2.34. The first-order valence-corrected chi connectivity index (χ1v) is 9.97. The van der Waals surface area contributed by atoms with Gasteiger partial charge in [0.05, 0.1) is 14.2 Å². The van der Waals surface area contributed by atoms with E-state index >= 15 is 0 Å². The summed E-state index contributed by atoms with van der Waals surface area (Å²) in [7, 11) is 3.36. The van der Waals surface area contributed by atoms with Gasteiger partial charge in [0, 0.05) is 36.1 Å². The van der Waals surface area contributed by atoms with E-state index in [0.717, 1.165) is 40.1 Å². The van der Waals surface area contributed by atoms with E-state index in [9.17, 15) is 4.79 Å². The van der Waals surface area contributed by atoms with Crippen LogP contribution < -0.4 is 15.1 Å². The van der Waals surface area contributed by atoms with Crippen LogP contribution in [0.15, 0.2) is 45.6 Å². The molecule has 1 fully saturated rings. The molecule has 0 unspecified atom stereocenters. The van der Waals surface area contributed by atoms with E-state index in [1.165, 1.54) is 18.4 Å². The Morgan fingerprint density at radius 3 is 2.38 bits per heavy atom. The second kappa shape index (κ2) is 7.91. The van der Waals surface area contributed by atoms with Gasteiger partial charge in [-0.3, -0.25) is 4.90 Å². The molecular weight excluding hydrogens is 366 g/mol. The Labute approximate surface area is 170 Å². The van der Waals surface area contributed by atoms with E-state index in [1.54, 1.807) is 20.3 Å². The minimum atomic E-state index is -0.300. The number of nitrogens with zero attached hydrogens (tertiary/aromatic N) is 1. The molecule has 0 radical (unpaired) electrons. The van der Waals surface area contributed by atoms with Crippen LogP contribution in [-0.2, 0) is 13.1 Å². The zero-order valence-corrected chi connectivity index (χ0v) is 17.5. The van der Waals surface area contributed by atoms with Crippen molar-refractivity contribution >= 4 is 11.0 Å². The fourth-order valence-electron chi connectivity index (χ4n) is 3.81. The summed E-state index contributed by atoms with van der Waals surface area (Å²) in [5.41, 5.74) is 4.76. The van der Waals surface area contributed by atoms with Gasteiger partial charge in [0.15, 0.2) is 0 Å². The minimum absolute atomic E-state index is 0.300. The smallest absolute Gasteiger partial charge is 0.336 e. The number of fused-ring (bicyclic) bond motifs is 1. The summed E-state index contributed by atoms with van der Waals surface area (Å²) in [6.45, 7) is 5.55. The van der Waals surface area contributed by atoms with Gasteiger partial charge in [-0.15, -0.1) is 0 Å². The van der Waals surface area contributed by atoms with Crippen molar-refractivity contribution in [3.05, 3.63) is 69.1 Å². The Kier molecular flexibility index (Phi) is 5.33. The first-order chi connectivity index (χ1) is 14.0. The molecule has 5 heteroatoms. The molecule has 3 aromatic rings. The molecule has 0 amide bonds. The fraction of sp³-hybridized carbons (Fsp3) is 0.375. The fourth-order valence-corrected chi connectivity index (χ4v) is 3.81. The van der Waals surface area contributed by atoms with Gasteiger partial charge in [-0.05, 0) is 73.7 Å². The quantitative estimate of drug-likeness (QED) is 0.550. The summed E-state index contributed by atoms with van der Waals surface area (Å²) in [5.74, 6) is 1.66. The second-order valence-corrected chi connectivity index (χ2v) is 7.84. The van der Waals surface area contributed by atoms with Gasteiger partial charge in [0.1, 0.15) is 17.1 Å². The van der Waals surface area contributed by atoms with Crippen LogP contribution in [0.1, 0.15) is 35.1 Å². The molecule has 0 atom stereocenters. The predicted molar refractivity (Wildman–Crippen MR) is 114 cm³/mol. The molecule has 0 aliphatic heterocycles. The Hall–Kier alpha value is -2.79. The number of aryl methyl sites for hydroxylation is 2. The molecule has 152 valence electrons. The highest BCUT2D eigenvalue weighted by molar-refractivity contribution is 5.81. The second-order valence-electron chi connectivity index (χ2n) is 7.84. The molecule has 0 bridgehead atoms. The van der Waals surface area contributed by atoms with Crippen molar-refractivity contribution in [2.24, 2.45) is 0 Å². The minimum Gasteiger partial charge on any atom is -0.497 e. The van der Waals surface area contributed by atoms with Crippen LogP contribution in [0.5, 0.6) is 11.5 Å². The van der Waals surface area contributed by atoms with E-state index in [1.807, 2.05) is 31.2 Å². The zero-order valence-electron chi connectivity index (χ0n) is 17.5. The lowest BCUT2D eigenvalue weighted by molar-refractivity contribution is 0.241. The van der Waals surface area contributed by atoms with E-state index in [0.29, 0.717) is 18.2 Å². The van der Waals surface area contributed by atoms with Gasteiger partial charge < -0.3 is 13.9 Å². The number of hydrogen-bond donors (Lipinski definition) is 0. The molecule has 0 spiro atoms. The average Bonchev–Trinajstić information content (AvgIpc) is 3.54. The highest BCUT2D eigenvalue weighted by Crippen LogP contribution is 2.34. The van der Waals surface area contributed by atoms with Gasteiger partial charge in [-0.1, -0.05) is 0 Å². The molecule has 0 saturated heterocycles. The monoisotopic (exact) mass is 393 g/mol. The summed E-state index contributed by atoms with van der Waals surface area (Å²) in [5, 5.41) is 1.01. The highest BCUT2D eigenvalue weighted by atomic mass is 16.5. The normalized spacial score (nSPS) is 13.8. The first kappa shape index (κ1) is 19.5. The number of rotatable bonds is 7. The molecule has 2 aromatic carbocycles. The summed E-state index contributed by atoms with van der Waals surface area (Å²) >= 11 is 0. The van der Waals surface area contributed by atoms with Crippen molar-refractivity contribution in [2.45, 2.75) is 45.8 Å². The summed E-state index contributed by atoms with van der Waals surface area (Å²) in [6, 6.07) is 12.1. The maximum atomic E-state index is 12.2. The third-order valence-corrected chi connectivity index (χ3v) is 5.74. The topological polar surface area (TPSA) is 51.9 Å². The predicted octanol–water partition coefficient (Wildman–Crippen LogP) is 4.59. The van der Waals surface area contributed by atoms with Crippen LogP contribution in [0.4, 0.5) is 0 Å². The van der Waals surface area contributed by atoms with Crippen LogP contribution in [0.25, 0.3) is 11.0 Å². The lowest BCUT2D eigenvalue weighted by Gasteiger charge is -2.24. The molecule has 5 nitrogen and oxygen atoms in total. The van der Waals surface area contributed by atoms with Gasteiger partial charge in [-0.2, -0.15) is 0 Å². The van der Waals surface area contributed by atoms with Crippen molar-refractivity contribution < 1.29 is 13.9 Å². The molecular formula is C24H27NO4. The Morgan fingerprint density at radius 1 is 0.966 bits per heavy atom. The third-order valence-electron chi connectivity index (χ3n) is 5.74. The molecule has 1 saturated carbocycles. The van der Waals surface area contributed by atoms with Crippen LogP contribution in [0.2, 0.25) is 0 Å². The van der Waals surface area contributed by atoms with Gasteiger partial charge in [-0.25, -0.2) is 4.79 Å². The van der Waals surface area contributed by atoms with E-state index in [-0.39, 0.29) is 5.63 Å². The maximum absolute atomic E-state index is 12.2. The van der Waals surface area contributed by atoms with Crippen LogP contribution in [0.3, 0.4) is 0 Å². The van der Waals surface area contributed by atoms with Crippen LogP contribution >= 0.6 is 0 Å². The molecule has 4 rings (SSSR count). The molecule has 29 heavy (non-hydrogen) atoms. The molecule has 1 aromatic heterocycles. The van der Waals surface area contributed by atoms with Gasteiger partial charge in [0.2, 0.25) is 0 Å². The Bertz CT molecular complexity index is 1100. The number of methoxy groups -OCH3 is 2. The van der Waals surface area contributed by atoms with Crippen LogP contribution in [-0.4, -0.2) is 25.2 Å². The lowest BCUT2D eigenvalue weighted by Crippen LogP contribution is -2.26. The number of hydrogen-bond acceptors (Lipinski definition) is 5. The zero-order chi connectivity index (χ0) is 20.5. The standard InChI is InChI=1S/C24H27NO4/c1-15-9-21-17(12-24(26)29-23(21)10-16(15)2)13-25(19-5-6-19)14-18-11-20(27-3)7-8-22(18)28-4/h7-12,19H,5-6,13-14H2,1-4H3. The average molecular weight is 393 g/mol. The van der Waals surface area contributed by atoms with Crippen molar-refractivity contribution in [1.29, 1.82) is 0 Å². The Balaban J connectivity index is 1.70. The van der Waals surface area contributed by atoms with Gasteiger partial charge >= 0.3 is 5.63 Å². The van der Waals surface area contributed by atoms with Crippen molar-refractivity contribution in [3.63, 3.8) is 0 Å². The van der Waals surface area contributed by atoms with Gasteiger partial charge in [0.25, 0.3) is 0 Å². The number of benzene rings is 2. The summed E-state index contributed by atoms with van der Waals surface area (Å²) < 4.78 is 16.4. The Morgan fingerprint density at radius 2 is 1.69 bits per heavy atom. The van der Waals surface area contributed by atoms with E-state index in [4.69, 9.17) is 13.9 Å².